The van der Waals surface area contributed by atoms with Crippen LogP contribution in [0.15, 0.2) is 0 Å². The molecular weight excluding hydrogens is 248 g/mol. The van der Waals surface area contributed by atoms with E-state index in [0.717, 1.165) is 25.2 Å². The normalized spacial score (nSPS) is 30.8. The molecule has 0 bridgehead atoms. The minimum atomic E-state index is 0.488. The number of hydrogen-bond donors (Lipinski definition) is 1. The quantitative estimate of drug-likeness (QED) is 0.776. The highest BCUT2D eigenvalue weighted by Gasteiger charge is 2.37. The van der Waals surface area contributed by atoms with Gasteiger partial charge >= 0.3 is 0 Å². The minimum absolute atomic E-state index is 0.488. The lowest BCUT2D eigenvalue weighted by Gasteiger charge is -2.40. The van der Waals surface area contributed by atoms with Crippen LogP contribution < -0.4 is 5.32 Å². The van der Waals surface area contributed by atoms with Crippen molar-refractivity contribution in [3.8, 4) is 0 Å². The summed E-state index contributed by atoms with van der Waals surface area (Å²) in [7, 11) is 0. The molecule has 2 heterocycles. The maximum atomic E-state index is 5.63. The van der Waals surface area contributed by atoms with Crippen LogP contribution in [0.3, 0.4) is 0 Å². The maximum Gasteiger partial charge on any atom is 0.0472 e. The molecule has 0 aromatic carbocycles. The summed E-state index contributed by atoms with van der Waals surface area (Å²) in [5.74, 6) is 0.966. The van der Waals surface area contributed by atoms with E-state index in [2.05, 4.69) is 17.1 Å². The number of hydrogen-bond acceptors (Lipinski definition) is 3. The van der Waals surface area contributed by atoms with Gasteiger partial charge in [-0.3, -0.25) is 0 Å². The van der Waals surface area contributed by atoms with Crippen LogP contribution >= 0.6 is 0 Å². The van der Waals surface area contributed by atoms with Gasteiger partial charge in [0.25, 0.3) is 0 Å². The van der Waals surface area contributed by atoms with Gasteiger partial charge in [0.15, 0.2) is 0 Å². The lowest BCUT2D eigenvalue weighted by atomic mass is 9.79. The van der Waals surface area contributed by atoms with Crippen molar-refractivity contribution < 1.29 is 4.74 Å². The Bertz CT molecular complexity index is 297. The highest BCUT2D eigenvalue weighted by molar-refractivity contribution is 4.92. The molecule has 20 heavy (non-hydrogen) atoms. The third-order valence-corrected chi connectivity index (χ3v) is 5.52. The monoisotopic (exact) mass is 280 g/mol. The van der Waals surface area contributed by atoms with E-state index >= 15 is 0 Å². The molecule has 1 saturated carbocycles. The number of nitrogens with zero attached hydrogens (tertiary/aromatic N) is 1. The van der Waals surface area contributed by atoms with Gasteiger partial charge in [-0.05, 0) is 56.4 Å². The molecule has 1 unspecified atom stereocenters. The van der Waals surface area contributed by atoms with Crippen molar-refractivity contribution in [2.75, 3.05) is 39.4 Å². The maximum absolute atomic E-state index is 5.63. The van der Waals surface area contributed by atoms with Gasteiger partial charge in [-0.1, -0.05) is 13.3 Å². The second kappa shape index (κ2) is 6.76. The Balaban J connectivity index is 1.52. The Morgan fingerprint density at radius 3 is 2.70 bits per heavy atom. The number of rotatable bonds is 7. The predicted octanol–water partition coefficient (Wildman–Crippen LogP) is 2.66. The summed E-state index contributed by atoms with van der Waals surface area (Å²) in [5.41, 5.74) is 0.488. The van der Waals surface area contributed by atoms with Crippen molar-refractivity contribution in [3.05, 3.63) is 0 Å². The topological polar surface area (TPSA) is 24.5 Å². The first-order valence-corrected chi connectivity index (χ1v) is 8.83. The summed E-state index contributed by atoms with van der Waals surface area (Å²) in [6.07, 6.45) is 9.50. The molecule has 116 valence electrons. The van der Waals surface area contributed by atoms with Gasteiger partial charge in [-0.15, -0.1) is 0 Å². The third-order valence-electron chi connectivity index (χ3n) is 5.52. The molecule has 0 spiro atoms. The summed E-state index contributed by atoms with van der Waals surface area (Å²) in [5, 5.41) is 3.80. The molecule has 3 nitrogen and oxygen atoms in total. The fourth-order valence-electron chi connectivity index (χ4n) is 4.02. The highest BCUT2D eigenvalue weighted by Crippen LogP contribution is 2.34. The van der Waals surface area contributed by atoms with E-state index in [0.29, 0.717) is 5.41 Å². The molecule has 1 atom stereocenters. The zero-order chi connectivity index (χ0) is 13.8. The van der Waals surface area contributed by atoms with E-state index in [-0.39, 0.29) is 0 Å². The molecule has 3 rings (SSSR count). The second-order valence-corrected chi connectivity index (χ2v) is 7.45. The van der Waals surface area contributed by atoms with E-state index in [4.69, 9.17) is 4.74 Å². The van der Waals surface area contributed by atoms with Crippen LogP contribution in [0.2, 0.25) is 0 Å². The van der Waals surface area contributed by atoms with Crippen LogP contribution in [0.1, 0.15) is 51.9 Å². The molecule has 0 aromatic heterocycles. The summed E-state index contributed by atoms with van der Waals surface area (Å²) >= 11 is 0. The lowest BCUT2D eigenvalue weighted by Crippen LogP contribution is -2.47. The molecule has 0 amide bonds. The first-order chi connectivity index (χ1) is 9.80. The van der Waals surface area contributed by atoms with Crippen molar-refractivity contribution in [3.63, 3.8) is 0 Å². The highest BCUT2D eigenvalue weighted by atomic mass is 16.5. The standard InChI is InChI=1S/C17H32N2O/c1-2-3-15-6-9-19(12-15)14-17(7-10-20-11-8-17)13-18-16-4-5-16/h15-16,18H,2-14H2,1H3. The molecule has 1 aliphatic carbocycles. The first-order valence-electron chi connectivity index (χ1n) is 8.83. The zero-order valence-corrected chi connectivity index (χ0v) is 13.2. The van der Waals surface area contributed by atoms with Crippen molar-refractivity contribution in [1.82, 2.24) is 10.2 Å². The van der Waals surface area contributed by atoms with Crippen LogP contribution in [-0.4, -0.2) is 50.3 Å². The zero-order valence-electron chi connectivity index (χ0n) is 13.2. The molecule has 3 aliphatic rings. The van der Waals surface area contributed by atoms with Gasteiger partial charge in [0.05, 0.1) is 0 Å². The Labute approximate surface area is 124 Å². The fraction of sp³-hybridized carbons (Fsp3) is 1.00. The number of nitrogens with one attached hydrogen (secondary N) is 1. The van der Waals surface area contributed by atoms with Crippen LogP contribution in [-0.2, 0) is 4.74 Å². The van der Waals surface area contributed by atoms with Gasteiger partial charge in [0, 0.05) is 38.9 Å². The van der Waals surface area contributed by atoms with Crippen LogP contribution in [0, 0.1) is 11.3 Å². The van der Waals surface area contributed by atoms with Crippen molar-refractivity contribution in [2.24, 2.45) is 11.3 Å². The van der Waals surface area contributed by atoms with E-state index in [1.807, 2.05) is 0 Å². The van der Waals surface area contributed by atoms with Crippen LogP contribution in [0.5, 0.6) is 0 Å². The summed E-state index contributed by atoms with van der Waals surface area (Å²) in [6.45, 7) is 9.46. The molecule has 0 radical (unpaired) electrons. The minimum Gasteiger partial charge on any atom is -0.381 e. The first kappa shape index (κ1) is 14.8. The summed E-state index contributed by atoms with van der Waals surface area (Å²) in [4.78, 5) is 2.75. The molecule has 2 saturated heterocycles. The molecular formula is C17H32N2O. The van der Waals surface area contributed by atoms with E-state index in [9.17, 15) is 0 Å². The average Bonchev–Trinajstić information content (AvgIpc) is 3.20. The Hall–Kier alpha value is -0.120. The smallest absolute Gasteiger partial charge is 0.0472 e. The van der Waals surface area contributed by atoms with Crippen molar-refractivity contribution in [2.45, 2.75) is 57.9 Å². The van der Waals surface area contributed by atoms with E-state index in [1.54, 1.807) is 0 Å². The van der Waals surface area contributed by atoms with Gasteiger partial charge in [-0.2, -0.15) is 0 Å². The molecule has 0 aromatic rings. The van der Waals surface area contributed by atoms with Gasteiger partial charge < -0.3 is 15.0 Å². The Morgan fingerprint density at radius 2 is 2.00 bits per heavy atom. The number of likely N-dealkylation sites (tertiary alicyclic amines) is 1. The molecule has 2 aliphatic heterocycles. The Morgan fingerprint density at radius 1 is 1.20 bits per heavy atom. The van der Waals surface area contributed by atoms with Crippen LogP contribution in [0.4, 0.5) is 0 Å². The third kappa shape index (κ3) is 3.96. The lowest BCUT2D eigenvalue weighted by molar-refractivity contribution is -0.00166. The average molecular weight is 280 g/mol. The fourth-order valence-corrected chi connectivity index (χ4v) is 4.02. The van der Waals surface area contributed by atoms with Gasteiger partial charge in [0.1, 0.15) is 0 Å². The van der Waals surface area contributed by atoms with Crippen molar-refractivity contribution >= 4 is 0 Å². The SMILES string of the molecule is CCCC1CCN(CC2(CNC3CC3)CCOCC2)C1. The molecule has 1 N–H and O–H groups in total. The Kier molecular flexibility index (Phi) is 5.00. The largest absolute Gasteiger partial charge is 0.381 e. The van der Waals surface area contributed by atoms with Gasteiger partial charge in [-0.25, -0.2) is 0 Å². The van der Waals surface area contributed by atoms with E-state index in [1.165, 1.54) is 71.1 Å². The van der Waals surface area contributed by atoms with E-state index < -0.39 is 0 Å². The predicted molar refractivity (Wildman–Crippen MR) is 83.0 cm³/mol. The molecule has 3 heteroatoms. The van der Waals surface area contributed by atoms with Gasteiger partial charge in [0.2, 0.25) is 0 Å². The number of ether oxygens (including phenoxy) is 1. The summed E-state index contributed by atoms with van der Waals surface area (Å²) < 4.78 is 5.63. The van der Waals surface area contributed by atoms with Crippen molar-refractivity contribution in [1.29, 1.82) is 0 Å². The second-order valence-electron chi connectivity index (χ2n) is 7.45. The van der Waals surface area contributed by atoms with Crippen LogP contribution in [0.25, 0.3) is 0 Å². The molecule has 3 fully saturated rings. The summed E-state index contributed by atoms with van der Waals surface area (Å²) in [6, 6.07) is 0.834.